The van der Waals surface area contributed by atoms with Crippen LogP contribution < -0.4 is 4.74 Å². The fraction of sp³-hybridized carbons (Fsp3) is 0.200. The molecular weight excluding hydrogens is 442 g/mol. The third kappa shape index (κ3) is 5.30. The van der Waals surface area contributed by atoms with Crippen LogP contribution in [0, 0.1) is 0 Å². The number of benzene rings is 3. The van der Waals surface area contributed by atoms with Gasteiger partial charge in [-0.1, -0.05) is 54.6 Å². The van der Waals surface area contributed by atoms with Crippen LogP contribution >= 0.6 is 15.9 Å². The molecule has 1 aromatic heterocycles. The lowest BCUT2D eigenvalue weighted by Gasteiger charge is -2.25. The molecule has 0 spiro atoms. The van der Waals surface area contributed by atoms with Crippen LogP contribution in [0.5, 0.6) is 5.75 Å². The molecule has 0 amide bonds. The maximum atomic E-state index is 10.7. The molecule has 0 saturated heterocycles. The van der Waals surface area contributed by atoms with E-state index in [9.17, 15) is 5.11 Å². The number of aliphatic hydroxyl groups excluding tert-OH is 1. The van der Waals surface area contributed by atoms with E-state index in [1.54, 1.807) is 6.26 Å². The number of furan rings is 1. The van der Waals surface area contributed by atoms with Crippen LogP contribution in [0.4, 0.5) is 0 Å². The van der Waals surface area contributed by atoms with Crippen molar-refractivity contribution in [1.29, 1.82) is 0 Å². The van der Waals surface area contributed by atoms with E-state index >= 15 is 0 Å². The van der Waals surface area contributed by atoms with Crippen molar-refractivity contribution in [2.75, 3.05) is 13.2 Å². The van der Waals surface area contributed by atoms with Gasteiger partial charge in [-0.2, -0.15) is 0 Å². The standard InChI is InChI=1S/C25H24BrNO3/c26-24-12-3-4-13-25(24)30-18-21(28)16-27(17-22-10-6-14-29-22)15-20-9-5-8-19-7-1-2-11-23(19)20/h1-14,21,28H,15-18H2. The van der Waals surface area contributed by atoms with Crippen LogP contribution in [-0.2, 0) is 13.1 Å². The Hall–Kier alpha value is -2.60. The average molecular weight is 466 g/mol. The van der Waals surface area contributed by atoms with E-state index < -0.39 is 6.10 Å². The highest BCUT2D eigenvalue weighted by molar-refractivity contribution is 9.10. The second kappa shape index (κ2) is 9.94. The lowest BCUT2D eigenvalue weighted by molar-refractivity contribution is 0.0604. The molecule has 3 aromatic carbocycles. The topological polar surface area (TPSA) is 45.8 Å². The fourth-order valence-electron chi connectivity index (χ4n) is 3.58. The van der Waals surface area contributed by atoms with Crippen LogP contribution in [0.1, 0.15) is 11.3 Å². The van der Waals surface area contributed by atoms with Gasteiger partial charge in [-0.25, -0.2) is 0 Å². The zero-order chi connectivity index (χ0) is 20.8. The minimum Gasteiger partial charge on any atom is -0.490 e. The third-order valence-electron chi connectivity index (χ3n) is 4.97. The number of para-hydroxylation sites is 1. The predicted octanol–water partition coefficient (Wildman–Crippen LogP) is 5.64. The van der Waals surface area contributed by atoms with E-state index in [1.807, 2.05) is 36.4 Å². The number of rotatable bonds is 9. The van der Waals surface area contributed by atoms with Crippen molar-refractivity contribution in [3.8, 4) is 5.75 Å². The molecular formula is C25H24BrNO3. The number of nitrogens with zero attached hydrogens (tertiary/aromatic N) is 1. The Morgan fingerprint density at radius 2 is 1.70 bits per heavy atom. The van der Waals surface area contributed by atoms with E-state index in [1.165, 1.54) is 16.3 Å². The summed E-state index contributed by atoms with van der Waals surface area (Å²) in [5.41, 5.74) is 1.22. The lowest BCUT2D eigenvalue weighted by atomic mass is 10.0. The molecule has 0 saturated carbocycles. The molecule has 0 radical (unpaired) electrons. The quantitative estimate of drug-likeness (QED) is 0.347. The summed E-state index contributed by atoms with van der Waals surface area (Å²) in [5, 5.41) is 13.1. The van der Waals surface area contributed by atoms with Crippen molar-refractivity contribution < 1.29 is 14.3 Å². The van der Waals surface area contributed by atoms with Crippen molar-refractivity contribution >= 4 is 26.7 Å². The zero-order valence-electron chi connectivity index (χ0n) is 16.6. The molecule has 4 rings (SSSR count). The second-order valence-electron chi connectivity index (χ2n) is 7.28. The summed E-state index contributed by atoms with van der Waals surface area (Å²) < 4.78 is 12.2. The molecule has 0 aliphatic carbocycles. The number of aliphatic hydroxyl groups is 1. The summed E-state index contributed by atoms with van der Waals surface area (Å²) in [5.74, 6) is 1.59. The van der Waals surface area contributed by atoms with E-state index in [-0.39, 0.29) is 6.61 Å². The summed E-state index contributed by atoms with van der Waals surface area (Å²) in [6, 6.07) is 26.2. The van der Waals surface area contributed by atoms with Crippen molar-refractivity contribution in [1.82, 2.24) is 4.90 Å². The molecule has 1 heterocycles. The summed E-state index contributed by atoms with van der Waals surface area (Å²) in [6.07, 6.45) is 1.04. The smallest absolute Gasteiger partial charge is 0.133 e. The van der Waals surface area contributed by atoms with Crippen molar-refractivity contribution in [2.45, 2.75) is 19.2 Å². The lowest BCUT2D eigenvalue weighted by Crippen LogP contribution is -2.35. The minimum absolute atomic E-state index is 0.215. The number of hydrogen-bond donors (Lipinski definition) is 1. The van der Waals surface area contributed by atoms with Gasteiger partial charge in [-0.15, -0.1) is 0 Å². The van der Waals surface area contributed by atoms with Crippen LogP contribution in [0.15, 0.2) is 94.0 Å². The molecule has 1 unspecified atom stereocenters. The van der Waals surface area contributed by atoms with Crippen LogP contribution in [0.3, 0.4) is 0 Å². The average Bonchev–Trinajstić information content (AvgIpc) is 3.26. The first-order valence-electron chi connectivity index (χ1n) is 9.96. The second-order valence-corrected chi connectivity index (χ2v) is 8.14. The van der Waals surface area contributed by atoms with Gasteiger partial charge >= 0.3 is 0 Å². The first-order valence-corrected chi connectivity index (χ1v) is 10.7. The Labute approximate surface area is 184 Å². The monoisotopic (exact) mass is 465 g/mol. The molecule has 5 heteroatoms. The zero-order valence-corrected chi connectivity index (χ0v) is 18.2. The first-order chi connectivity index (χ1) is 14.7. The highest BCUT2D eigenvalue weighted by Crippen LogP contribution is 2.24. The van der Waals surface area contributed by atoms with Crippen LogP contribution in [0.2, 0.25) is 0 Å². The Kier molecular flexibility index (Phi) is 6.84. The molecule has 1 atom stereocenters. The van der Waals surface area contributed by atoms with Gasteiger partial charge < -0.3 is 14.3 Å². The Bertz CT molecular complexity index is 1080. The summed E-state index contributed by atoms with van der Waals surface area (Å²) in [7, 11) is 0. The molecule has 1 N–H and O–H groups in total. The Morgan fingerprint density at radius 3 is 2.53 bits per heavy atom. The van der Waals surface area contributed by atoms with Gasteiger partial charge in [0.1, 0.15) is 24.2 Å². The van der Waals surface area contributed by atoms with E-state index in [2.05, 4.69) is 63.3 Å². The molecule has 0 bridgehead atoms. The van der Waals surface area contributed by atoms with E-state index in [4.69, 9.17) is 9.15 Å². The number of fused-ring (bicyclic) bond motifs is 1. The highest BCUT2D eigenvalue weighted by Gasteiger charge is 2.16. The van der Waals surface area contributed by atoms with Crippen molar-refractivity contribution in [2.24, 2.45) is 0 Å². The first kappa shape index (κ1) is 20.7. The predicted molar refractivity (Wildman–Crippen MR) is 122 cm³/mol. The van der Waals surface area contributed by atoms with Gasteiger partial charge in [0.25, 0.3) is 0 Å². The SMILES string of the molecule is OC(COc1ccccc1Br)CN(Cc1ccco1)Cc1cccc2ccccc12. The van der Waals surface area contributed by atoms with Crippen LogP contribution in [0.25, 0.3) is 10.8 Å². The van der Waals surface area contributed by atoms with Gasteiger partial charge in [-0.3, -0.25) is 4.90 Å². The summed E-state index contributed by atoms with van der Waals surface area (Å²) in [6.45, 7) is 2.00. The molecule has 0 aliphatic rings. The number of halogens is 1. The van der Waals surface area contributed by atoms with Gasteiger partial charge in [-0.05, 0) is 56.5 Å². The minimum atomic E-state index is -0.637. The van der Waals surface area contributed by atoms with Crippen molar-refractivity contribution in [3.05, 3.63) is 101 Å². The van der Waals surface area contributed by atoms with Gasteiger partial charge in [0.05, 0.1) is 17.3 Å². The van der Waals surface area contributed by atoms with E-state index in [0.29, 0.717) is 19.6 Å². The number of hydrogen-bond acceptors (Lipinski definition) is 4. The van der Waals surface area contributed by atoms with E-state index in [0.717, 1.165) is 16.0 Å². The maximum Gasteiger partial charge on any atom is 0.133 e. The third-order valence-corrected chi connectivity index (χ3v) is 5.63. The van der Waals surface area contributed by atoms with Crippen molar-refractivity contribution in [3.63, 3.8) is 0 Å². The molecule has 0 aliphatic heterocycles. The number of ether oxygens (including phenoxy) is 1. The molecule has 4 nitrogen and oxygen atoms in total. The maximum absolute atomic E-state index is 10.7. The Morgan fingerprint density at radius 1 is 0.900 bits per heavy atom. The molecule has 4 aromatic rings. The van der Waals surface area contributed by atoms with Gasteiger partial charge in [0.15, 0.2) is 0 Å². The summed E-state index contributed by atoms with van der Waals surface area (Å²) in [4.78, 5) is 2.19. The largest absolute Gasteiger partial charge is 0.490 e. The van der Waals surface area contributed by atoms with Gasteiger partial charge in [0.2, 0.25) is 0 Å². The van der Waals surface area contributed by atoms with Gasteiger partial charge in [0, 0.05) is 13.1 Å². The fourth-order valence-corrected chi connectivity index (χ4v) is 3.98. The normalized spacial score (nSPS) is 12.4. The molecule has 154 valence electrons. The highest BCUT2D eigenvalue weighted by atomic mass is 79.9. The molecule has 0 fully saturated rings. The van der Waals surface area contributed by atoms with Crippen LogP contribution in [-0.4, -0.2) is 29.3 Å². The molecule has 30 heavy (non-hydrogen) atoms. The summed E-state index contributed by atoms with van der Waals surface area (Å²) >= 11 is 3.47. The Balaban J connectivity index is 1.47.